The summed E-state index contributed by atoms with van der Waals surface area (Å²) in [6.07, 6.45) is 2.66. The summed E-state index contributed by atoms with van der Waals surface area (Å²) in [6, 6.07) is 9.54. The molecule has 0 unspecified atom stereocenters. The molecule has 0 radical (unpaired) electrons. The number of aromatic amines is 1. The van der Waals surface area contributed by atoms with Crippen LogP contribution in [0.1, 0.15) is 29.3 Å². The largest absolute Gasteiger partial charge is 0.280 e. The summed E-state index contributed by atoms with van der Waals surface area (Å²) in [5, 5.41) is 8.84. The normalized spacial score (nSPS) is 13.6. The molecule has 24 heavy (non-hydrogen) atoms. The number of hydrogen-bond acceptors (Lipinski definition) is 3. The number of anilines is 1. The highest BCUT2D eigenvalue weighted by Gasteiger charge is 2.24. The van der Waals surface area contributed by atoms with Crippen LogP contribution in [0.5, 0.6) is 0 Å². The number of H-pyrrole nitrogens is 1. The van der Waals surface area contributed by atoms with E-state index in [0.29, 0.717) is 17.1 Å². The van der Waals surface area contributed by atoms with E-state index in [9.17, 15) is 8.42 Å². The zero-order valence-electron chi connectivity index (χ0n) is 13.7. The van der Waals surface area contributed by atoms with Crippen molar-refractivity contribution in [2.45, 2.75) is 38.0 Å². The van der Waals surface area contributed by atoms with Crippen LogP contribution in [0, 0.1) is 6.92 Å². The first-order valence-electron chi connectivity index (χ1n) is 8.11. The summed E-state index contributed by atoms with van der Waals surface area (Å²) < 4.78 is 28.6. The topological polar surface area (TPSA) is 74.8 Å². The molecule has 1 heterocycles. The Morgan fingerprint density at radius 3 is 2.67 bits per heavy atom. The molecule has 0 spiro atoms. The molecule has 0 aliphatic heterocycles. The maximum atomic E-state index is 13.0. The third kappa shape index (κ3) is 2.21. The van der Waals surface area contributed by atoms with Crippen LogP contribution >= 0.6 is 0 Å². The van der Waals surface area contributed by atoms with Gasteiger partial charge in [0.25, 0.3) is 10.0 Å². The molecular formula is C18H19N3O2S. The van der Waals surface area contributed by atoms with E-state index in [0.717, 1.165) is 34.9 Å². The molecule has 2 N–H and O–H groups in total. The van der Waals surface area contributed by atoms with Gasteiger partial charge in [0, 0.05) is 16.6 Å². The average Bonchev–Trinajstić information content (AvgIpc) is 3.12. The van der Waals surface area contributed by atoms with Crippen LogP contribution in [0.2, 0.25) is 0 Å². The maximum absolute atomic E-state index is 13.0. The molecule has 2 aromatic carbocycles. The molecule has 3 aromatic rings. The Bertz CT molecular complexity index is 1040. The maximum Gasteiger partial charge on any atom is 0.263 e. The Hall–Kier alpha value is -2.34. The van der Waals surface area contributed by atoms with Gasteiger partial charge in [0.2, 0.25) is 0 Å². The molecule has 0 fully saturated rings. The van der Waals surface area contributed by atoms with Gasteiger partial charge in [-0.2, -0.15) is 5.10 Å². The van der Waals surface area contributed by atoms with Crippen LogP contribution in [-0.4, -0.2) is 18.6 Å². The first-order chi connectivity index (χ1) is 11.5. The molecule has 0 saturated heterocycles. The zero-order chi connectivity index (χ0) is 16.9. The molecule has 1 aliphatic carbocycles. The number of rotatable bonds is 4. The van der Waals surface area contributed by atoms with E-state index in [4.69, 9.17) is 0 Å². The number of hydrogen-bond donors (Lipinski definition) is 2. The van der Waals surface area contributed by atoms with Crippen molar-refractivity contribution in [3.05, 3.63) is 52.7 Å². The van der Waals surface area contributed by atoms with Crippen molar-refractivity contribution in [3.63, 3.8) is 0 Å². The van der Waals surface area contributed by atoms with Crippen molar-refractivity contribution in [1.82, 2.24) is 10.2 Å². The Labute approximate surface area is 141 Å². The van der Waals surface area contributed by atoms with Crippen LogP contribution in [-0.2, 0) is 29.3 Å². The number of sulfonamides is 1. The number of nitrogens with one attached hydrogen (secondary N) is 2. The molecule has 1 aliphatic rings. The van der Waals surface area contributed by atoms with E-state index in [1.807, 2.05) is 32.0 Å². The smallest absolute Gasteiger partial charge is 0.263 e. The van der Waals surface area contributed by atoms with E-state index in [1.54, 1.807) is 6.07 Å². The Morgan fingerprint density at radius 1 is 1.17 bits per heavy atom. The molecule has 4 rings (SSSR count). The van der Waals surface area contributed by atoms with Gasteiger partial charge in [0.15, 0.2) is 5.82 Å². The first-order valence-corrected chi connectivity index (χ1v) is 9.59. The van der Waals surface area contributed by atoms with Gasteiger partial charge in [-0.25, -0.2) is 8.42 Å². The van der Waals surface area contributed by atoms with Crippen LogP contribution < -0.4 is 4.72 Å². The fourth-order valence-corrected chi connectivity index (χ4v) is 4.85. The van der Waals surface area contributed by atoms with Gasteiger partial charge in [-0.05, 0) is 48.8 Å². The quantitative estimate of drug-likeness (QED) is 0.764. The third-order valence-corrected chi connectivity index (χ3v) is 6.18. The number of benzene rings is 2. The van der Waals surface area contributed by atoms with Crippen molar-refractivity contribution in [1.29, 1.82) is 0 Å². The molecule has 6 heteroatoms. The highest BCUT2D eigenvalue weighted by atomic mass is 32.2. The molecular weight excluding hydrogens is 322 g/mol. The highest BCUT2D eigenvalue weighted by molar-refractivity contribution is 7.93. The molecule has 0 saturated carbocycles. The lowest BCUT2D eigenvalue weighted by Gasteiger charge is -2.11. The van der Waals surface area contributed by atoms with Gasteiger partial charge in [0.05, 0.1) is 4.90 Å². The van der Waals surface area contributed by atoms with Crippen molar-refractivity contribution >= 4 is 26.6 Å². The lowest BCUT2D eigenvalue weighted by atomic mass is 10.1. The highest BCUT2D eigenvalue weighted by Crippen LogP contribution is 2.35. The second-order valence-corrected chi connectivity index (χ2v) is 7.85. The van der Waals surface area contributed by atoms with Crippen molar-refractivity contribution in [3.8, 4) is 0 Å². The van der Waals surface area contributed by atoms with Gasteiger partial charge in [-0.3, -0.25) is 9.82 Å². The Morgan fingerprint density at radius 2 is 1.92 bits per heavy atom. The lowest BCUT2D eigenvalue weighted by molar-refractivity contribution is 0.602. The van der Waals surface area contributed by atoms with Crippen molar-refractivity contribution < 1.29 is 8.42 Å². The molecule has 0 bridgehead atoms. The van der Waals surface area contributed by atoms with Gasteiger partial charge < -0.3 is 0 Å². The fraction of sp³-hybridized carbons (Fsp3) is 0.278. The second-order valence-electron chi connectivity index (χ2n) is 6.20. The Kier molecular flexibility index (Phi) is 3.38. The minimum absolute atomic E-state index is 0.313. The number of nitrogens with zero attached hydrogens (tertiary/aromatic N) is 1. The van der Waals surface area contributed by atoms with E-state index in [2.05, 4.69) is 21.0 Å². The van der Waals surface area contributed by atoms with Crippen LogP contribution in [0.4, 0.5) is 5.82 Å². The van der Waals surface area contributed by atoms with E-state index >= 15 is 0 Å². The van der Waals surface area contributed by atoms with Gasteiger partial charge in [-0.1, -0.05) is 31.2 Å². The standard InChI is InChI=1S/C18H19N3O2S/c1-3-14-11(2)19-20-18(14)21-24(22,23)16-10-9-13-8-7-12-5-4-6-15(16)17(12)13/h4-6,9-10H,3,7-8H2,1-2H3,(H2,19,20,21). The lowest BCUT2D eigenvalue weighted by Crippen LogP contribution is -2.15. The summed E-state index contributed by atoms with van der Waals surface area (Å²) in [5.41, 5.74) is 4.23. The molecule has 0 atom stereocenters. The second kappa shape index (κ2) is 5.34. The summed E-state index contributed by atoms with van der Waals surface area (Å²) >= 11 is 0. The predicted molar refractivity (Wildman–Crippen MR) is 94.9 cm³/mol. The predicted octanol–water partition coefficient (Wildman–Crippen LogP) is 3.33. The first kappa shape index (κ1) is 15.2. The molecule has 1 aromatic heterocycles. The average molecular weight is 341 g/mol. The molecule has 124 valence electrons. The summed E-state index contributed by atoms with van der Waals surface area (Å²) in [4.78, 5) is 0.313. The van der Waals surface area contributed by atoms with Crippen LogP contribution in [0.25, 0.3) is 10.8 Å². The van der Waals surface area contributed by atoms with Crippen LogP contribution in [0.15, 0.2) is 35.2 Å². The summed E-state index contributed by atoms with van der Waals surface area (Å²) in [5.74, 6) is 0.387. The van der Waals surface area contributed by atoms with Gasteiger partial charge in [-0.15, -0.1) is 0 Å². The van der Waals surface area contributed by atoms with E-state index in [1.165, 1.54) is 11.1 Å². The summed E-state index contributed by atoms with van der Waals surface area (Å²) in [6.45, 7) is 3.87. The van der Waals surface area contributed by atoms with Crippen LogP contribution in [0.3, 0.4) is 0 Å². The minimum atomic E-state index is -3.70. The Balaban J connectivity index is 1.85. The minimum Gasteiger partial charge on any atom is -0.280 e. The molecule has 5 nitrogen and oxygen atoms in total. The van der Waals surface area contributed by atoms with E-state index in [-0.39, 0.29) is 0 Å². The monoisotopic (exact) mass is 341 g/mol. The number of aryl methyl sites for hydroxylation is 3. The fourth-order valence-electron chi connectivity index (χ4n) is 3.61. The van der Waals surface area contributed by atoms with Gasteiger partial charge in [0.1, 0.15) is 0 Å². The number of aromatic nitrogens is 2. The van der Waals surface area contributed by atoms with Crippen molar-refractivity contribution in [2.24, 2.45) is 0 Å². The van der Waals surface area contributed by atoms with Gasteiger partial charge >= 0.3 is 0 Å². The zero-order valence-corrected chi connectivity index (χ0v) is 14.5. The SMILES string of the molecule is CCc1c(NS(=O)(=O)c2ccc3c4c(cccc24)CC3)n[nH]c1C. The molecule has 0 amide bonds. The van der Waals surface area contributed by atoms with E-state index < -0.39 is 10.0 Å². The summed E-state index contributed by atoms with van der Waals surface area (Å²) in [7, 11) is -3.70. The van der Waals surface area contributed by atoms with Crippen molar-refractivity contribution in [2.75, 3.05) is 4.72 Å². The third-order valence-electron chi connectivity index (χ3n) is 4.78.